The van der Waals surface area contributed by atoms with Gasteiger partial charge in [-0.1, -0.05) is 116 Å². The number of aromatic nitrogens is 2. The maximum Gasteiger partial charge on any atom is 0.315 e. The number of primary amides is 2. The lowest BCUT2D eigenvalue weighted by Crippen LogP contribution is -2.62. The molecule has 0 radical (unpaired) electrons. The van der Waals surface area contributed by atoms with Crippen LogP contribution >= 0.6 is 11.8 Å². The number of aromatic hydroxyl groups is 1. The van der Waals surface area contributed by atoms with Crippen LogP contribution in [0.15, 0.2) is 61.1 Å². The summed E-state index contributed by atoms with van der Waals surface area (Å²) >= 11 is 1.84. The highest BCUT2D eigenvalue weighted by atomic mass is 32.2. The molecule has 18 amide bonds. The lowest BCUT2D eigenvalue weighted by atomic mass is 9.84. The van der Waals surface area contributed by atoms with E-state index in [1.807, 2.05) is 18.7 Å². The minimum absolute atomic E-state index is 0.0307. The van der Waals surface area contributed by atoms with Gasteiger partial charge in [0.15, 0.2) is 0 Å². The molecule has 0 bridgehead atoms. The van der Waals surface area contributed by atoms with Crippen molar-refractivity contribution >= 4 is 118 Å². The number of carbonyl (C=O) groups is 18. The number of nitrogens with zero attached hydrogens (tertiary/aromatic N) is 1. The summed E-state index contributed by atoms with van der Waals surface area (Å²) in [5.41, 5.74) is 17.3. The largest absolute Gasteiger partial charge is 0.508 e. The zero-order valence-electron chi connectivity index (χ0n) is 85.8. The third kappa shape index (κ3) is 48.0. The van der Waals surface area contributed by atoms with Crippen molar-refractivity contribution in [1.82, 2.24) is 95.0 Å². The van der Waals surface area contributed by atoms with Crippen LogP contribution in [0.3, 0.4) is 0 Å². The number of halogens is 1. The molecule has 149 heavy (non-hydrogen) atoms. The number of carbonyl (C=O) groups excluding carboxylic acids is 17. The first kappa shape index (κ1) is 125. The lowest BCUT2D eigenvalue weighted by Gasteiger charge is -2.30. The van der Waals surface area contributed by atoms with Gasteiger partial charge in [0.2, 0.25) is 94.5 Å². The van der Waals surface area contributed by atoms with E-state index in [1.165, 1.54) is 55.8 Å². The van der Waals surface area contributed by atoms with Crippen molar-refractivity contribution in [2.75, 3.05) is 78.3 Å². The molecule has 1 aromatic heterocycles. The molecule has 28 N–H and O–H groups in total. The molecular formula is C99H156FN21O27S. The molecule has 2 aromatic carbocycles. The van der Waals surface area contributed by atoms with E-state index in [0.717, 1.165) is 83.1 Å². The average molecular weight is 2120 g/mol. The number of thioether (sulfide) groups is 1. The Kier molecular flexibility index (Phi) is 57.5. The van der Waals surface area contributed by atoms with Gasteiger partial charge in [-0.25, -0.2) is 14.2 Å². The lowest BCUT2D eigenvalue weighted by molar-refractivity contribution is -0.139. The molecule has 832 valence electrons. The number of phenols is 1. The molecule has 6 rings (SSSR count). The monoisotopic (exact) mass is 2120 g/mol. The summed E-state index contributed by atoms with van der Waals surface area (Å²) < 4.78 is 36.8. The van der Waals surface area contributed by atoms with E-state index >= 15 is 14.4 Å². The first-order valence-electron chi connectivity index (χ1n) is 51.3. The summed E-state index contributed by atoms with van der Waals surface area (Å²) in [6, 6.07) is -11.1. The number of fused-ring (bicyclic) bond motifs is 1. The van der Waals surface area contributed by atoms with Crippen LogP contribution in [0.25, 0.3) is 0 Å². The average Bonchev–Trinajstić information content (AvgIpc) is 1.64. The van der Waals surface area contributed by atoms with Gasteiger partial charge in [0.25, 0.3) is 0 Å². The van der Waals surface area contributed by atoms with E-state index in [9.17, 15) is 102 Å². The summed E-state index contributed by atoms with van der Waals surface area (Å²) in [6.07, 6.45) is 5.75. The number of aliphatic hydroxyl groups is 3. The molecule has 3 heterocycles. The second-order valence-corrected chi connectivity index (χ2v) is 39.4. The number of amides is 18. The van der Waals surface area contributed by atoms with Gasteiger partial charge in [0.1, 0.15) is 90.1 Å². The predicted octanol–water partition coefficient (Wildman–Crippen LogP) is -2.22. The van der Waals surface area contributed by atoms with E-state index in [2.05, 4.69) is 95.0 Å². The first-order valence-corrected chi connectivity index (χ1v) is 52.4. The van der Waals surface area contributed by atoms with Crippen molar-refractivity contribution in [2.45, 2.75) is 329 Å². The Bertz CT molecular complexity index is 4740. The highest BCUT2D eigenvalue weighted by Crippen LogP contribution is 2.34. The zero-order chi connectivity index (χ0) is 109. The Hall–Kier alpha value is -12.3. The number of aliphatic carboxylic acids is 1. The van der Waals surface area contributed by atoms with Crippen LogP contribution in [0.4, 0.5) is 9.18 Å². The van der Waals surface area contributed by atoms with Gasteiger partial charge in [0.05, 0.1) is 95.8 Å². The standard InChI is InChI=1S/C99H156FN21O27S/c1-7-8-9-10-14-22-68(88(133)107-58(4)87(132)110-69(33-35-79(102)126)89(134)113-74(49-61-19-12-11-13-20-61)95(140)120-84(60(6)124)98(143)117-76(54-122)96(141)109-67(86(103)131)21-17-18-38-101)111-91(136)72(51-63-27-31-66(125)32-28-63)114-93(138)75(52-65-53-104-56-106-65)115-90(135)70(34-36-82(129)130)112-92(137)73(50-62-25-29-64(100)30-26-62)116-97(142)83(59(5)123)119-94(139)71(48-57(2)3)108-81(128)37-40-145-42-44-147-46-47-148-45-43-146-41-39-105-80(127)24-16-15-23-78-85-77(55-149-78)118-99(144)121-85/h25-32,53,56-61,67-78,83-85,122-125H,7-24,33-52,54-55,101H2,1-6H3,(H2,102,126)(H2,103,131)(H,104,106)(H,105,127)(H,107,133)(H,108,128)(H,109,141)(H,110,132)(H,111,136)(H,112,137)(H,113,134)(H,114,138)(H,115,135)(H,116,142)(H,117,143)(H,119,139)(H,120,140)(H,129,130)(H2,118,121,144)/t58-,59+,60+,67-,68-,69-,70-,71-,72-,73-,74-,75-,76-,77-,78-,83-,84-,85-/m0/s1. The van der Waals surface area contributed by atoms with Crippen molar-refractivity contribution in [1.29, 1.82) is 0 Å². The number of hydrogen-bond donors (Lipinski definition) is 25. The molecule has 3 aliphatic rings. The number of carboxylic acid groups (broad SMARTS) is 1. The fraction of sp³-hybridized carbons (Fsp3) is 0.667. The van der Waals surface area contributed by atoms with Gasteiger partial charge < -0.3 is 152 Å². The molecule has 48 nitrogen and oxygen atoms in total. The molecule has 1 aliphatic carbocycles. The third-order valence-electron chi connectivity index (χ3n) is 25.2. The van der Waals surface area contributed by atoms with E-state index in [0.29, 0.717) is 81.9 Å². The molecule has 3 aromatic rings. The number of H-pyrrole nitrogens is 1. The second-order valence-electron chi connectivity index (χ2n) is 38.1. The Morgan fingerprint density at radius 1 is 0.483 bits per heavy atom. The number of carboxylic acids is 1. The number of rotatable bonds is 75. The smallest absolute Gasteiger partial charge is 0.315 e. The normalized spacial score (nSPS) is 17.4. The Labute approximate surface area is 870 Å². The Balaban J connectivity index is 1.12. The summed E-state index contributed by atoms with van der Waals surface area (Å²) in [5, 5.41) is 94.6. The number of urea groups is 1. The van der Waals surface area contributed by atoms with Gasteiger partial charge in [-0.15, -0.1) is 0 Å². The minimum atomic E-state index is -1.89. The summed E-state index contributed by atoms with van der Waals surface area (Å²) in [7, 11) is 0. The first-order chi connectivity index (χ1) is 71.1. The highest BCUT2D eigenvalue weighted by Gasteiger charge is 2.44. The number of hydrogen-bond acceptors (Lipinski definition) is 29. The fourth-order valence-corrected chi connectivity index (χ4v) is 18.5. The molecule has 50 heteroatoms. The van der Waals surface area contributed by atoms with Gasteiger partial charge in [-0.3, -0.25) is 81.5 Å². The van der Waals surface area contributed by atoms with E-state index in [1.54, 1.807) is 13.8 Å². The number of nitrogens with two attached hydrogens (primary N) is 3. The number of aromatic amines is 1. The van der Waals surface area contributed by atoms with E-state index < -0.39 is 236 Å². The van der Waals surface area contributed by atoms with Gasteiger partial charge in [-0.2, -0.15) is 11.8 Å². The van der Waals surface area contributed by atoms with Crippen LogP contribution in [0.5, 0.6) is 5.75 Å². The van der Waals surface area contributed by atoms with Crippen LogP contribution < -0.4 is 102 Å². The zero-order valence-corrected chi connectivity index (χ0v) is 86.6. The number of phenolic OH excluding ortho intramolecular Hbond substituents is 1. The number of aliphatic hydroxyl groups excluding tert-OH is 3. The van der Waals surface area contributed by atoms with Crippen molar-refractivity contribution in [2.24, 2.45) is 29.0 Å². The third-order valence-corrected chi connectivity index (χ3v) is 26.8. The Morgan fingerprint density at radius 2 is 0.960 bits per heavy atom. The van der Waals surface area contributed by atoms with Crippen LogP contribution in [0.2, 0.25) is 0 Å². The molecule has 0 unspecified atom stereocenters. The SMILES string of the molecule is CCCCCCC[C@H](NC(=O)[C@H](Cc1ccc(O)cc1)NC(=O)[C@H](Cc1c[nH]cn1)NC(=O)[C@H](CCC(=O)O)NC(=O)[C@H](Cc1ccc(F)cc1)NC(=O)[C@@H](NC(=O)[C@H](CC(C)C)NC(=O)CCOCCOCCOCCOCCNC(=O)CCCC[C@@H]1SC[C@@H]2NC(=O)N[C@@H]21)[C@@H](C)O)C(=O)N[C@@H](C)C(=O)N[C@@H](CCC(N)=O)C(=O)N[C@@H](CC1CCCCC1)C(=O)N[C@H](C(=O)N[C@@H](CO)C(=O)N[C@@H](CCCCN)C(N)=O)[C@@H](C)O. The van der Waals surface area contributed by atoms with Gasteiger partial charge >= 0.3 is 12.0 Å². The number of ether oxygens (including phenoxy) is 4. The summed E-state index contributed by atoms with van der Waals surface area (Å²) in [5.74, 6) is -17.2. The Morgan fingerprint density at radius 3 is 1.50 bits per heavy atom. The number of imidazole rings is 1. The van der Waals surface area contributed by atoms with Crippen LogP contribution in [-0.2, 0) is 120 Å². The quantitative estimate of drug-likeness (QED) is 0.0210. The van der Waals surface area contributed by atoms with Crippen LogP contribution in [-0.4, -0.2) is 328 Å². The van der Waals surface area contributed by atoms with Crippen molar-refractivity contribution < 1.29 is 135 Å². The molecule has 1 saturated carbocycles. The molecule has 3 fully saturated rings. The molecule has 18 atom stereocenters. The summed E-state index contributed by atoms with van der Waals surface area (Å²) in [6.45, 7) is 10.2. The van der Waals surface area contributed by atoms with E-state index in [4.69, 9.17) is 36.1 Å². The second kappa shape index (κ2) is 68.4. The van der Waals surface area contributed by atoms with Crippen molar-refractivity contribution in [3.8, 4) is 5.75 Å². The highest BCUT2D eigenvalue weighted by molar-refractivity contribution is 8.00. The summed E-state index contributed by atoms with van der Waals surface area (Å²) in [4.78, 5) is 256. The van der Waals surface area contributed by atoms with E-state index in [-0.39, 0.29) is 138 Å². The topological polar surface area (TPSA) is 745 Å². The number of nitrogens with one attached hydrogen (secondary N) is 17. The molecular weight excluding hydrogens is 1970 g/mol. The molecule has 2 aliphatic heterocycles. The number of benzene rings is 2. The molecule has 2 saturated heterocycles. The van der Waals surface area contributed by atoms with Crippen LogP contribution in [0.1, 0.15) is 219 Å². The minimum Gasteiger partial charge on any atom is -0.508 e. The van der Waals surface area contributed by atoms with Crippen molar-refractivity contribution in [3.63, 3.8) is 0 Å². The molecule has 0 spiro atoms. The van der Waals surface area contributed by atoms with Gasteiger partial charge in [-0.05, 0) is 139 Å². The van der Waals surface area contributed by atoms with Crippen molar-refractivity contribution in [3.05, 3.63) is 83.7 Å². The fourth-order valence-electron chi connectivity index (χ4n) is 16.9. The van der Waals surface area contributed by atoms with Gasteiger partial charge in [0, 0.05) is 68.7 Å². The predicted molar refractivity (Wildman–Crippen MR) is 542 cm³/mol. The maximum absolute atomic E-state index is 15.2. The number of unbranched alkanes of at least 4 members (excludes halogenated alkanes) is 6. The van der Waals surface area contributed by atoms with Crippen LogP contribution in [0, 0.1) is 17.7 Å². The maximum atomic E-state index is 15.2.